The van der Waals surface area contributed by atoms with E-state index < -0.39 is 27.2 Å². The quantitative estimate of drug-likeness (QED) is 0.875. The molecule has 8 heteroatoms. The summed E-state index contributed by atoms with van der Waals surface area (Å²) in [6, 6.07) is 2.74. The third-order valence-electron chi connectivity index (χ3n) is 2.53. The number of hydrogen-bond acceptors (Lipinski definition) is 5. The van der Waals surface area contributed by atoms with Gasteiger partial charge in [0.05, 0.1) is 21.2 Å². The molecule has 2 rings (SSSR count). The van der Waals surface area contributed by atoms with Crippen LogP contribution in [0.3, 0.4) is 0 Å². The predicted octanol–water partition coefficient (Wildman–Crippen LogP) is 2.26. The molecule has 0 aliphatic heterocycles. The molecule has 0 aliphatic carbocycles. The van der Waals surface area contributed by atoms with Crippen LogP contribution in [-0.4, -0.2) is 24.5 Å². The van der Waals surface area contributed by atoms with Crippen LogP contribution in [0, 0.1) is 12.7 Å². The number of aromatic carboxylic acids is 1. The highest BCUT2D eigenvalue weighted by atomic mass is 32.2. The zero-order chi connectivity index (χ0) is 14.9. The lowest BCUT2D eigenvalue weighted by molar-refractivity contribution is 0.0691. The molecular weight excluding hydrogens is 305 g/mol. The van der Waals surface area contributed by atoms with Gasteiger partial charge in [-0.2, -0.15) is 0 Å². The Morgan fingerprint density at radius 3 is 2.70 bits per heavy atom. The van der Waals surface area contributed by atoms with E-state index in [-0.39, 0.29) is 10.6 Å². The molecule has 1 aromatic carbocycles. The molecule has 0 fully saturated rings. The molecule has 0 spiro atoms. The number of aromatic nitrogens is 1. The second kappa shape index (κ2) is 5.29. The fourth-order valence-electron chi connectivity index (χ4n) is 1.60. The standard InChI is InChI=1S/C12H10FNO4S2/c1-7-14-5-8(19-7)6-20(17,18)9-2-3-11(13)10(4-9)12(15)16/h2-5H,6H2,1H3,(H,15,16). The summed E-state index contributed by atoms with van der Waals surface area (Å²) in [5, 5.41) is 9.54. The van der Waals surface area contributed by atoms with Crippen molar-refractivity contribution in [1.29, 1.82) is 0 Å². The molecule has 2 aromatic rings. The Morgan fingerprint density at radius 2 is 2.15 bits per heavy atom. The van der Waals surface area contributed by atoms with Crippen LogP contribution in [0.2, 0.25) is 0 Å². The van der Waals surface area contributed by atoms with Crippen LogP contribution in [0.1, 0.15) is 20.2 Å². The summed E-state index contributed by atoms with van der Waals surface area (Å²) in [4.78, 5) is 15.1. The fraction of sp³-hybridized carbons (Fsp3) is 0.167. The molecule has 106 valence electrons. The molecule has 1 N–H and O–H groups in total. The highest BCUT2D eigenvalue weighted by molar-refractivity contribution is 7.90. The van der Waals surface area contributed by atoms with Crippen molar-refractivity contribution >= 4 is 27.1 Å². The highest BCUT2D eigenvalue weighted by Gasteiger charge is 2.20. The number of thiazole rings is 1. The van der Waals surface area contributed by atoms with Crippen LogP contribution in [0.25, 0.3) is 0 Å². The number of aryl methyl sites for hydroxylation is 1. The van der Waals surface area contributed by atoms with Crippen molar-refractivity contribution in [3.8, 4) is 0 Å². The first kappa shape index (κ1) is 14.6. The normalized spacial score (nSPS) is 11.5. The zero-order valence-electron chi connectivity index (χ0n) is 10.3. The lowest BCUT2D eigenvalue weighted by Crippen LogP contribution is -2.07. The minimum absolute atomic E-state index is 0.220. The molecule has 1 heterocycles. The van der Waals surface area contributed by atoms with Gasteiger partial charge < -0.3 is 5.11 Å². The molecule has 0 amide bonds. The average Bonchev–Trinajstić information content (AvgIpc) is 2.73. The second-order valence-electron chi connectivity index (χ2n) is 4.05. The number of carboxylic acid groups (broad SMARTS) is 1. The second-order valence-corrected chi connectivity index (χ2v) is 7.36. The van der Waals surface area contributed by atoms with Gasteiger partial charge in [-0.25, -0.2) is 22.6 Å². The zero-order valence-corrected chi connectivity index (χ0v) is 12.0. The summed E-state index contributed by atoms with van der Waals surface area (Å²) in [6.07, 6.45) is 1.46. The third kappa shape index (κ3) is 3.02. The van der Waals surface area contributed by atoms with E-state index in [0.717, 1.165) is 23.2 Å². The number of hydrogen-bond donors (Lipinski definition) is 1. The van der Waals surface area contributed by atoms with E-state index in [2.05, 4.69) is 4.98 Å². The van der Waals surface area contributed by atoms with Crippen LogP contribution in [0.5, 0.6) is 0 Å². The van der Waals surface area contributed by atoms with Crippen molar-refractivity contribution in [2.45, 2.75) is 17.6 Å². The molecule has 5 nitrogen and oxygen atoms in total. The smallest absolute Gasteiger partial charge is 0.338 e. The van der Waals surface area contributed by atoms with Gasteiger partial charge in [0.2, 0.25) is 0 Å². The summed E-state index contributed by atoms with van der Waals surface area (Å²) in [5.74, 6) is -2.76. The van der Waals surface area contributed by atoms with E-state index in [1.165, 1.54) is 17.5 Å². The molecule has 0 saturated heterocycles. The monoisotopic (exact) mass is 315 g/mol. The first-order valence-electron chi connectivity index (χ1n) is 5.46. The Bertz CT molecular complexity index is 768. The number of carbonyl (C=O) groups is 1. The first-order valence-corrected chi connectivity index (χ1v) is 7.93. The Morgan fingerprint density at radius 1 is 1.45 bits per heavy atom. The summed E-state index contributed by atoms with van der Waals surface area (Å²) in [7, 11) is -3.73. The van der Waals surface area contributed by atoms with E-state index in [1.807, 2.05) is 0 Å². The minimum atomic E-state index is -3.73. The van der Waals surface area contributed by atoms with Crippen LogP contribution in [0.15, 0.2) is 29.3 Å². The maximum atomic E-state index is 13.3. The molecule has 0 atom stereocenters. The Kier molecular flexibility index (Phi) is 3.87. The number of rotatable bonds is 4. The van der Waals surface area contributed by atoms with Crippen LogP contribution in [0.4, 0.5) is 4.39 Å². The van der Waals surface area contributed by atoms with Gasteiger partial charge in [-0.15, -0.1) is 11.3 Å². The molecule has 0 saturated carbocycles. The number of sulfone groups is 1. The van der Waals surface area contributed by atoms with Crippen molar-refractivity contribution in [2.75, 3.05) is 0 Å². The number of halogens is 1. The van der Waals surface area contributed by atoms with Crippen LogP contribution >= 0.6 is 11.3 Å². The maximum Gasteiger partial charge on any atom is 0.338 e. The summed E-state index contributed by atoms with van der Waals surface area (Å²) in [6.45, 7) is 1.75. The lowest BCUT2D eigenvalue weighted by Gasteiger charge is -2.04. The molecule has 1 aromatic heterocycles. The summed E-state index contributed by atoms with van der Waals surface area (Å²) in [5.41, 5.74) is -0.661. The first-order chi connectivity index (χ1) is 9.29. The summed E-state index contributed by atoms with van der Waals surface area (Å²) < 4.78 is 37.6. The van der Waals surface area contributed by atoms with E-state index >= 15 is 0 Å². The highest BCUT2D eigenvalue weighted by Crippen LogP contribution is 2.22. The average molecular weight is 315 g/mol. The van der Waals surface area contributed by atoms with Gasteiger partial charge in [0.25, 0.3) is 0 Å². The van der Waals surface area contributed by atoms with Gasteiger partial charge in [0.1, 0.15) is 5.82 Å². The topological polar surface area (TPSA) is 84.3 Å². The van der Waals surface area contributed by atoms with Crippen molar-refractivity contribution in [1.82, 2.24) is 4.98 Å². The van der Waals surface area contributed by atoms with E-state index in [0.29, 0.717) is 4.88 Å². The van der Waals surface area contributed by atoms with Crippen LogP contribution in [-0.2, 0) is 15.6 Å². The Hall–Kier alpha value is -1.80. The Balaban J connectivity index is 2.39. The number of carboxylic acids is 1. The largest absolute Gasteiger partial charge is 0.478 e. The van der Waals surface area contributed by atoms with Crippen LogP contribution < -0.4 is 0 Å². The SMILES string of the molecule is Cc1ncc(CS(=O)(=O)c2ccc(F)c(C(=O)O)c2)s1. The van der Waals surface area contributed by atoms with Gasteiger partial charge in [0.15, 0.2) is 9.84 Å². The van der Waals surface area contributed by atoms with E-state index in [1.54, 1.807) is 6.92 Å². The number of benzene rings is 1. The minimum Gasteiger partial charge on any atom is -0.478 e. The third-order valence-corrected chi connectivity index (χ3v) is 5.29. The van der Waals surface area contributed by atoms with Gasteiger partial charge >= 0.3 is 5.97 Å². The van der Waals surface area contributed by atoms with E-state index in [4.69, 9.17) is 5.11 Å². The van der Waals surface area contributed by atoms with Gasteiger partial charge in [-0.1, -0.05) is 0 Å². The molecule has 0 aliphatic rings. The van der Waals surface area contributed by atoms with Gasteiger partial charge in [0, 0.05) is 11.1 Å². The predicted molar refractivity (Wildman–Crippen MR) is 71.1 cm³/mol. The Labute approximate surface area is 118 Å². The molecule has 0 unspecified atom stereocenters. The summed E-state index contributed by atoms with van der Waals surface area (Å²) >= 11 is 1.24. The molecule has 0 radical (unpaired) electrons. The maximum absolute atomic E-state index is 13.3. The number of nitrogens with zero attached hydrogens (tertiary/aromatic N) is 1. The van der Waals surface area contributed by atoms with E-state index in [9.17, 15) is 17.6 Å². The van der Waals surface area contributed by atoms with Crippen molar-refractivity contribution in [3.05, 3.63) is 45.7 Å². The lowest BCUT2D eigenvalue weighted by atomic mass is 10.2. The van der Waals surface area contributed by atoms with Crippen molar-refractivity contribution in [2.24, 2.45) is 0 Å². The molecular formula is C12H10FNO4S2. The van der Waals surface area contributed by atoms with Gasteiger partial charge in [-0.3, -0.25) is 0 Å². The molecule has 0 bridgehead atoms. The fourth-order valence-corrected chi connectivity index (χ4v) is 4.08. The van der Waals surface area contributed by atoms with Crippen molar-refractivity contribution < 1.29 is 22.7 Å². The molecule has 20 heavy (non-hydrogen) atoms. The van der Waals surface area contributed by atoms with Gasteiger partial charge in [-0.05, 0) is 25.1 Å². The van der Waals surface area contributed by atoms with Crippen molar-refractivity contribution in [3.63, 3.8) is 0 Å².